The Bertz CT molecular complexity index is 1150. The molecule has 152 valence electrons. The zero-order valence-corrected chi connectivity index (χ0v) is 17.5. The lowest BCUT2D eigenvalue weighted by Gasteiger charge is -2.05. The molecule has 0 aliphatic heterocycles. The number of nitrogens with zero attached hydrogens (tertiary/aromatic N) is 3. The predicted octanol–water partition coefficient (Wildman–Crippen LogP) is 5.13. The Kier molecular flexibility index (Phi) is 8.36. The monoisotopic (exact) mass is 475 g/mol. The van der Waals surface area contributed by atoms with E-state index in [0.717, 1.165) is 16.6 Å². The molecule has 6 nitrogen and oxygen atoms in total. The van der Waals surface area contributed by atoms with E-state index in [0.29, 0.717) is 15.1 Å². The molecule has 0 bridgehead atoms. The molecule has 0 aliphatic rings. The zero-order valence-electron chi connectivity index (χ0n) is 14.5. The van der Waals surface area contributed by atoms with E-state index in [1.807, 2.05) is 59.4 Å². The minimum atomic E-state index is -5.17. The van der Waals surface area contributed by atoms with Crippen LogP contribution in [-0.2, 0) is 10.5 Å². The summed E-state index contributed by atoms with van der Waals surface area (Å²) in [4.78, 5) is 0. The molecule has 0 radical (unpaired) electrons. The summed E-state index contributed by atoms with van der Waals surface area (Å²) in [5.41, 5.74) is 1.85. The molecule has 0 spiro atoms. The fourth-order valence-electron chi connectivity index (χ4n) is 2.03. The molecule has 0 amide bonds. The lowest BCUT2D eigenvalue weighted by molar-refractivity contribution is 0.435. The number of hydrogen-bond donors (Lipinski definition) is 1. The molecule has 29 heavy (non-hydrogen) atoms. The van der Waals surface area contributed by atoms with Gasteiger partial charge in [0.1, 0.15) is 0 Å². The van der Waals surface area contributed by atoms with Crippen molar-refractivity contribution in [2.75, 3.05) is 0 Å². The van der Waals surface area contributed by atoms with Gasteiger partial charge in [0.15, 0.2) is 0 Å². The molecule has 1 heterocycles. The van der Waals surface area contributed by atoms with Crippen molar-refractivity contribution in [1.82, 2.24) is 4.57 Å². The fourth-order valence-corrected chi connectivity index (χ4v) is 2.46. The second-order valence-electron chi connectivity index (χ2n) is 5.37. The first kappa shape index (κ1) is 23.1. The minimum absolute atomic E-state index is 0.490. The Labute approximate surface area is 181 Å². The van der Waals surface area contributed by atoms with Gasteiger partial charge in [0, 0.05) is 23.1 Å². The summed E-state index contributed by atoms with van der Waals surface area (Å²) in [6, 6.07) is 16.6. The van der Waals surface area contributed by atoms with Gasteiger partial charge < -0.3 is 4.57 Å². The Balaban J connectivity index is 0.000000537. The third-order valence-corrected chi connectivity index (χ3v) is 4.25. The quantitative estimate of drug-likeness (QED) is 0.246. The molecule has 1 N–H and O–H groups in total. The van der Waals surface area contributed by atoms with Crippen LogP contribution in [0.4, 0.5) is 3.89 Å². The van der Waals surface area contributed by atoms with E-state index >= 15 is 0 Å². The highest BCUT2D eigenvalue weighted by Crippen LogP contribution is 2.21. The van der Waals surface area contributed by atoms with E-state index in [-0.39, 0.29) is 0 Å². The van der Waals surface area contributed by atoms with Crippen molar-refractivity contribution in [3.63, 3.8) is 0 Å². The second-order valence-corrected chi connectivity index (χ2v) is 7.45. The highest BCUT2D eigenvalue weighted by Gasteiger charge is 1.97. The van der Waals surface area contributed by atoms with Gasteiger partial charge in [0.2, 0.25) is 0 Å². The molecule has 0 aliphatic carbocycles. The van der Waals surface area contributed by atoms with Gasteiger partial charge in [-0.1, -0.05) is 44.8 Å². The Morgan fingerprint density at radius 1 is 0.931 bits per heavy atom. The first-order valence-electron chi connectivity index (χ1n) is 7.75. The summed E-state index contributed by atoms with van der Waals surface area (Å²) in [5.74, 6) is 0. The highest BCUT2D eigenvalue weighted by molar-refractivity contribution is 7.80. The van der Waals surface area contributed by atoms with E-state index in [2.05, 4.69) is 10.2 Å². The first-order chi connectivity index (χ1) is 13.6. The molecule has 0 saturated carbocycles. The zero-order chi connectivity index (χ0) is 21.4. The average Bonchev–Trinajstić information content (AvgIpc) is 2.65. The van der Waals surface area contributed by atoms with Gasteiger partial charge >= 0.3 is 10.5 Å². The van der Waals surface area contributed by atoms with E-state index < -0.39 is 10.5 Å². The Morgan fingerprint density at radius 3 is 2.07 bits per heavy atom. The van der Waals surface area contributed by atoms with Crippen LogP contribution in [0.15, 0.2) is 77.2 Å². The molecule has 11 heteroatoms. The van der Waals surface area contributed by atoms with Gasteiger partial charge in [-0.25, -0.2) is 0 Å². The third-order valence-electron chi connectivity index (χ3n) is 3.26. The number of hydrogen-bond acceptors (Lipinski definition) is 4. The molecule has 0 saturated heterocycles. The number of benzene rings is 2. The van der Waals surface area contributed by atoms with Gasteiger partial charge in [0.25, 0.3) is 0 Å². The van der Waals surface area contributed by atoms with Crippen LogP contribution < -0.4 is 5.36 Å². The van der Waals surface area contributed by atoms with Crippen molar-refractivity contribution in [3.05, 3.63) is 93.0 Å². The topological polar surface area (TPSA) is 84.0 Å². The van der Waals surface area contributed by atoms with Gasteiger partial charge in [-0.3, -0.25) is 4.55 Å². The Morgan fingerprint density at radius 2 is 1.52 bits per heavy atom. The minimum Gasteiger partial charge on any atom is -0.324 e. The number of halogens is 4. The molecule has 3 aromatic rings. The summed E-state index contributed by atoms with van der Waals surface area (Å²) >= 11 is 17.7. The lowest BCUT2D eigenvalue weighted by atomic mass is 10.2. The molecule has 0 unspecified atom stereocenters. The van der Waals surface area contributed by atoms with Crippen LogP contribution >= 0.6 is 34.8 Å². The van der Waals surface area contributed by atoms with Crippen LogP contribution in [0.1, 0.15) is 5.56 Å². The van der Waals surface area contributed by atoms with E-state index in [9.17, 15) is 3.89 Å². The second kappa shape index (κ2) is 10.5. The van der Waals surface area contributed by atoms with Crippen LogP contribution in [0.5, 0.6) is 0 Å². The third kappa shape index (κ3) is 8.76. The van der Waals surface area contributed by atoms with Crippen LogP contribution in [-0.4, -0.2) is 23.8 Å². The van der Waals surface area contributed by atoms with Crippen LogP contribution in [0, 0.1) is 0 Å². The number of pyridine rings is 1. The number of rotatable bonds is 3. The van der Waals surface area contributed by atoms with E-state index in [1.54, 1.807) is 18.3 Å². The SMILES string of the molecule is Clc1ccc(-n2ccc(=NN=Cc3ccc(Cl)c(Cl)c3)cc2)cc1.O=S(=O)(O)F. The van der Waals surface area contributed by atoms with E-state index in [1.165, 1.54) is 0 Å². The fraction of sp³-hybridized carbons (Fsp3) is 0. The molecule has 3 rings (SSSR count). The standard InChI is InChI=1S/C18H12Cl3N3.FHO3S/c19-14-2-4-16(5-3-14)24-9-7-15(8-10-24)23-22-12-13-1-6-17(20)18(21)11-13;1-5(2,3)4/h1-12H;(H,2,3,4). The summed E-state index contributed by atoms with van der Waals surface area (Å²) in [7, 11) is -5.17. The summed E-state index contributed by atoms with van der Waals surface area (Å²) in [6.07, 6.45) is 5.45. The average molecular weight is 477 g/mol. The smallest absolute Gasteiger partial charge is 0.324 e. The van der Waals surface area contributed by atoms with Crippen LogP contribution in [0.2, 0.25) is 15.1 Å². The molecular weight excluding hydrogens is 464 g/mol. The maximum absolute atomic E-state index is 10.2. The summed E-state index contributed by atoms with van der Waals surface area (Å²) in [5, 5.41) is 10.7. The molecule has 2 aromatic carbocycles. The van der Waals surface area contributed by atoms with Gasteiger partial charge in [-0.05, 0) is 54.1 Å². The van der Waals surface area contributed by atoms with Gasteiger partial charge in [-0.15, -0.1) is 0 Å². The lowest BCUT2D eigenvalue weighted by Crippen LogP contribution is -2.03. The normalized spacial score (nSPS) is 11.1. The Hall–Kier alpha value is -2.23. The largest absolute Gasteiger partial charge is 0.435 e. The highest BCUT2D eigenvalue weighted by atomic mass is 35.5. The summed E-state index contributed by atoms with van der Waals surface area (Å²) < 4.78 is 36.1. The van der Waals surface area contributed by atoms with Crippen LogP contribution in [0.25, 0.3) is 5.69 Å². The van der Waals surface area contributed by atoms with Crippen molar-refractivity contribution < 1.29 is 16.9 Å². The van der Waals surface area contributed by atoms with Crippen molar-refractivity contribution in [2.24, 2.45) is 10.2 Å². The van der Waals surface area contributed by atoms with Crippen molar-refractivity contribution in [3.8, 4) is 5.69 Å². The summed E-state index contributed by atoms with van der Waals surface area (Å²) in [6.45, 7) is 0. The molecule has 0 atom stereocenters. The molecular formula is C18H13Cl3FN3O3S. The molecule has 1 aromatic heterocycles. The van der Waals surface area contributed by atoms with Crippen molar-refractivity contribution in [2.45, 2.75) is 0 Å². The maximum Gasteiger partial charge on any atom is 0.435 e. The number of aromatic nitrogens is 1. The van der Waals surface area contributed by atoms with Gasteiger partial charge in [-0.2, -0.15) is 18.6 Å². The maximum atomic E-state index is 10.2. The predicted molar refractivity (Wildman–Crippen MR) is 113 cm³/mol. The molecule has 0 fully saturated rings. The van der Waals surface area contributed by atoms with Crippen molar-refractivity contribution in [1.29, 1.82) is 0 Å². The van der Waals surface area contributed by atoms with Crippen LogP contribution in [0.3, 0.4) is 0 Å². The van der Waals surface area contributed by atoms with E-state index in [4.69, 9.17) is 47.8 Å². The van der Waals surface area contributed by atoms with Gasteiger partial charge in [0.05, 0.1) is 21.6 Å². The van der Waals surface area contributed by atoms with Crippen molar-refractivity contribution >= 4 is 51.5 Å². The first-order valence-corrected chi connectivity index (χ1v) is 10.2.